The van der Waals surface area contributed by atoms with Gasteiger partial charge in [0.2, 0.25) is 0 Å². The normalized spacial score (nSPS) is 14.3. The van der Waals surface area contributed by atoms with Gasteiger partial charge in [-0.05, 0) is 48.4 Å². The molecule has 0 amide bonds. The number of nitrogens with zero attached hydrogens (tertiary/aromatic N) is 1. The first kappa shape index (κ1) is 22.1. The smallest absolute Gasteiger partial charge is 0.368 e. The molecule has 32 heavy (non-hydrogen) atoms. The summed E-state index contributed by atoms with van der Waals surface area (Å²) in [6.07, 6.45) is 1.69. The van der Waals surface area contributed by atoms with E-state index in [1.54, 1.807) is 18.2 Å². The highest BCUT2D eigenvalue weighted by Gasteiger charge is 2.27. The highest BCUT2D eigenvalue weighted by Crippen LogP contribution is 2.38. The van der Waals surface area contributed by atoms with E-state index in [0.717, 1.165) is 15.6 Å². The van der Waals surface area contributed by atoms with Gasteiger partial charge in [0, 0.05) is 10.0 Å². The third-order valence-corrected chi connectivity index (χ3v) is 5.49. The van der Waals surface area contributed by atoms with Crippen LogP contribution in [0.3, 0.4) is 0 Å². The van der Waals surface area contributed by atoms with Gasteiger partial charge >= 0.3 is 5.97 Å². The fourth-order valence-electron chi connectivity index (χ4n) is 3.19. The predicted molar refractivity (Wildman–Crippen MR) is 128 cm³/mol. The Morgan fingerprint density at radius 1 is 1.06 bits per heavy atom. The Bertz CT molecular complexity index is 1190. The van der Waals surface area contributed by atoms with Gasteiger partial charge in [0.1, 0.15) is 12.3 Å². The molecule has 1 heterocycles. The number of hydrogen-bond donors (Lipinski definition) is 0. The number of rotatable bonds is 7. The van der Waals surface area contributed by atoms with Crippen LogP contribution in [0.15, 0.2) is 81.9 Å². The summed E-state index contributed by atoms with van der Waals surface area (Å²) in [6.45, 7) is 2.65. The third-order valence-electron chi connectivity index (χ3n) is 4.68. The molecule has 3 aromatic rings. The van der Waals surface area contributed by atoms with E-state index in [-0.39, 0.29) is 0 Å². The SMILES string of the molecule is CCOc1cc(/C=C2\C(=O)ON=C2c2ccccc2)cc(Cl)c1OCc1ccc(Br)cc1. The van der Waals surface area contributed by atoms with Gasteiger partial charge in [-0.15, -0.1) is 0 Å². The molecule has 3 aromatic carbocycles. The van der Waals surface area contributed by atoms with E-state index in [1.807, 2.05) is 61.5 Å². The van der Waals surface area contributed by atoms with Crippen molar-refractivity contribution in [3.63, 3.8) is 0 Å². The molecule has 1 aliphatic rings. The summed E-state index contributed by atoms with van der Waals surface area (Å²) in [7, 11) is 0. The Morgan fingerprint density at radius 3 is 2.53 bits per heavy atom. The van der Waals surface area contributed by atoms with Crippen LogP contribution in [0.1, 0.15) is 23.6 Å². The Kier molecular flexibility index (Phi) is 6.93. The van der Waals surface area contributed by atoms with Gasteiger partial charge < -0.3 is 14.3 Å². The number of carbonyl (C=O) groups excluding carboxylic acids is 1. The second-order valence-electron chi connectivity index (χ2n) is 6.92. The summed E-state index contributed by atoms with van der Waals surface area (Å²) in [4.78, 5) is 17.2. The summed E-state index contributed by atoms with van der Waals surface area (Å²) < 4.78 is 12.7. The fourth-order valence-corrected chi connectivity index (χ4v) is 3.73. The highest BCUT2D eigenvalue weighted by molar-refractivity contribution is 9.10. The van der Waals surface area contributed by atoms with Crippen molar-refractivity contribution in [3.8, 4) is 11.5 Å². The lowest BCUT2D eigenvalue weighted by atomic mass is 10.0. The van der Waals surface area contributed by atoms with Crippen molar-refractivity contribution < 1.29 is 19.1 Å². The van der Waals surface area contributed by atoms with Gasteiger partial charge in [0.15, 0.2) is 11.5 Å². The van der Waals surface area contributed by atoms with Crippen molar-refractivity contribution in [2.75, 3.05) is 6.61 Å². The van der Waals surface area contributed by atoms with Crippen LogP contribution in [0.2, 0.25) is 5.02 Å². The number of benzene rings is 3. The van der Waals surface area contributed by atoms with Crippen LogP contribution in [0.25, 0.3) is 6.08 Å². The van der Waals surface area contributed by atoms with Gasteiger partial charge in [-0.2, -0.15) is 0 Å². The lowest BCUT2D eigenvalue weighted by Gasteiger charge is -2.15. The van der Waals surface area contributed by atoms with E-state index < -0.39 is 5.97 Å². The molecule has 0 bridgehead atoms. The quantitative estimate of drug-likeness (QED) is 0.271. The predicted octanol–water partition coefficient (Wildman–Crippen LogP) is 6.42. The van der Waals surface area contributed by atoms with Crippen molar-refractivity contribution in [2.45, 2.75) is 13.5 Å². The first-order valence-electron chi connectivity index (χ1n) is 9.95. The van der Waals surface area contributed by atoms with Gasteiger partial charge in [-0.1, -0.05) is 75.2 Å². The number of ether oxygens (including phenoxy) is 2. The van der Waals surface area contributed by atoms with Gasteiger partial charge in [0.05, 0.1) is 17.2 Å². The minimum Gasteiger partial charge on any atom is -0.490 e. The highest BCUT2D eigenvalue weighted by atomic mass is 79.9. The van der Waals surface area contributed by atoms with Crippen molar-refractivity contribution in [1.29, 1.82) is 0 Å². The number of oxime groups is 1. The van der Waals surface area contributed by atoms with E-state index in [2.05, 4.69) is 21.1 Å². The van der Waals surface area contributed by atoms with Crippen molar-refractivity contribution in [2.24, 2.45) is 5.16 Å². The maximum atomic E-state index is 12.3. The van der Waals surface area contributed by atoms with Crippen LogP contribution in [0.4, 0.5) is 0 Å². The molecule has 0 radical (unpaired) electrons. The van der Waals surface area contributed by atoms with Crippen molar-refractivity contribution >= 4 is 45.3 Å². The number of carbonyl (C=O) groups is 1. The maximum Gasteiger partial charge on any atom is 0.368 e. The molecule has 0 aliphatic carbocycles. The Balaban J connectivity index is 1.64. The molecular formula is C25H19BrClNO4. The average Bonchev–Trinajstić information content (AvgIpc) is 3.15. The molecule has 0 N–H and O–H groups in total. The van der Waals surface area contributed by atoms with Gasteiger partial charge in [-0.25, -0.2) is 4.79 Å². The second-order valence-corrected chi connectivity index (χ2v) is 8.24. The first-order chi connectivity index (χ1) is 15.5. The van der Waals surface area contributed by atoms with Crippen molar-refractivity contribution in [3.05, 3.63) is 98.5 Å². The average molecular weight is 513 g/mol. The molecule has 0 saturated heterocycles. The molecule has 0 aromatic heterocycles. The number of hydrogen-bond acceptors (Lipinski definition) is 5. The molecule has 162 valence electrons. The van der Waals surface area contributed by atoms with Crippen LogP contribution in [0.5, 0.6) is 11.5 Å². The topological polar surface area (TPSA) is 57.1 Å². The Morgan fingerprint density at radius 2 is 1.81 bits per heavy atom. The van der Waals surface area contributed by atoms with E-state index in [1.165, 1.54) is 0 Å². The maximum absolute atomic E-state index is 12.3. The third kappa shape index (κ3) is 5.03. The molecule has 5 nitrogen and oxygen atoms in total. The molecule has 0 saturated carbocycles. The van der Waals surface area contributed by atoms with E-state index in [9.17, 15) is 4.79 Å². The largest absolute Gasteiger partial charge is 0.490 e. The zero-order valence-electron chi connectivity index (χ0n) is 17.2. The number of halogens is 2. The summed E-state index contributed by atoms with van der Waals surface area (Å²) >= 11 is 9.97. The van der Waals surface area contributed by atoms with E-state index in [4.69, 9.17) is 25.9 Å². The molecule has 0 spiro atoms. The lowest BCUT2D eigenvalue weighted by molar-refractivity contribution is -0.136. The minimum atomic E-state index is -0.520. The summed E-state index contributed by atoms with van der Waals surface area (Å²) in [6, 6.07) is 20.7. The molecular weight excluding hydrogens is 494 g/mol. The van der Waals surface area contributed by atoms with Crippen LogP contribution < -0.4 is 9.47 Å². The Labute approximate surface area is 199 Å². The van der Waals surface area contributed by atoms with Gasteiger partial charge in [-0.3, -0.25) is 0 Å². The van der Waals surface area contributed by atoms with E-state index >= 15 is 0 Å². The Hall–Kier alpha value is -3.09. The molecule has 7 heteroatoms. The van der Waals surface area contributed by atoms with Crippen LogP contribution >= 0.6 is 27.5 Å². The second kappa shape index (κ2) is 10.0. The first-order valence-corrected chi connectivity index (χ1v) is 11.1. The standard InChI is InChI=1S/C25H19BrClNO4/c1-2-30-22-14-17(12-20-23(28-32-25(20)29)18-6-4-3-5-7-18)13-21(27)24(22)31-15-16-8-10-19(26)11-9-16/h3-14H,2,15H2,1H3/b20-12-. The molecule has 1 aliphatic heterocycles. The fraction of sp³-hybridized carbons (Fsp3) is 0.120. The molecule has 0 unspecified atom stereocenters. The van der Waals surface area contributed by atoms with Crippen molar-refractivity contribution in [1.82, 2.24) is 0 Å². The van der Waals surface area contributed by atoms with Crippen LogP contribution in [-0.4, -0.2) is 18.3 Å². The molecule has 0 atom stereocenters. The molecule has 0 fully saturated rings. The lowest BCUT2D eigenvalue weighted by Crippen LogP contribution is -2.07. The summed E-state index contributed by atoms with van der Waals surface area (Å²) in [5.41, 5.74) is 3.27. The summed E-state index contributed by atoms with van der Waals surface area (Å²) in [5.74, 6) is 0.423. The molecule has 4 rings (SSSR count). The van der Waals surface area contributed by atoms with E-state index in [0.29, 0.717) is 46.6 Å². The van der Waals surface area contributed by atoms with Crippen LogP contribution in [-0.2, 0) is 16.2 Å². The monoisotopic (exact) mass is 511 g/mol. The zero-order chi connectivity index (χ0) is 22.5. The van der Waals surface area contributed by atoms with Gasteiger partial charge in [0.25, 0.3) is 0 Å². The summed E-state index contributed by atoms with van der Waals surface area (Å²) in [5, 5.41) is 4.32. The van der Waals surface area contributed by atoms with Crippen LogP contribution in [0, 0.1) is 0 Å². The minimum absolute atomic E-state index is 0.338. The zero-order valence-corrected chi connectivity index (χ0v) is 19.5.